The zero-order valence-corrected chi connectivity index (χ0v) is 17.2. The second-order valence-corrected chi connectivity index (χ2v) is 7.13. The number of hydrogen-bond donors (Lipinski definition) is 1. The molecule has 9 heteroatoms. The first kappa shape index (κ1) is 21.5. The third-order valence-electron chi connectivity index (χ3n) is 3.69. The minimum absolute atomic E-state index is 0. The van der Waals surface area contributed by atoms with Gasteiger partial charge in [-0.3, -0.25) is 0 Å². The van der Waals surface area contributed by atoms with Gasteiger partial charge in [0.2, 0.25) is 5.16 Å². The lowest BCUT2D eigenvalue weighted by atomic mass is 10.2. The largest absolute Gasteiger partial charge is 0.489 e. The van der Waals surface area contributed by atoms with Crippen molar-refractivity contribution in [1.29, 1.82) is 0 Å². The maximum atomic E-state index is 5.98. The molecule has 0 saturated carbocycles. The molecule has 0 saturated heterocycles. The summed E-state index contributed by atoms with van der Waals surface area (Å²) >= 11 is 7.54. The molecule has 1 N–H and O–H groups in total. The molecule has 0 radical (unpaired) electrons. The molecule has 0 aliphatic rings. The third-order valence-corrected chi connectivity index (χ3v) is 4.95. The van der Waals surface area contributed by atoms with Crippen molar-refractivity contribution in [2.24, 2.45) is 7.05 Å². The van der Waals surface area contributed by atoms with Gasteiger partial charge in [0.15, 0.2) is 0 Å². The van der Waals surface area contributed by atoms with Crippen LogP contribution in [-0.4, -0.2) is 32.5 Å². The number of ether oxygens (including phenoxy) is 1. The van der Waals surface area contributed by atoms with Crippen LogP contribution in [-0.2, 0) is 20.2 Å². The lowest BCUT2D eigenvalue weighted by molar-refractivity contribution is 0.302. The summed E-state index contributed by atoms with van der Waals surface area (Å²) in [5.41, 5.74) is 2.22. The molecule has 0 atom stereocenters. The summed E-state index contributed by atoms with van der Waals surface area (Å²) in [6, 6.07) is 15.8. The van der Waals surface area contributed by atoms with Crippen LogP contribution in [0.3, 0.4) is 0 Å². The quantitative estimate of drug-likeness (QED) is 0.415. The maximum absolute atomic E-state index is 5.98. The number of nitrogens with zero attached hydrogens (tertiary/aromatic N) is 4. The van der Waals surface area contributed by atoms with E-state index in [1.807, 2.05) is 49.5 Å². The number of benzene rings is 2. The van der Waals surface area contributed by atoms with Crippen LogP contribution in [0.2, 0.25) is 5.02 Å². The summed E-state index contributed by atoms with van der Waals surface area (Å²) in [7, 11) is 1.84. The summed E-state index contributed by atoms with van der Waals surface area (Å²) in [6.07, 6.45) is 0. The molecule has 3 rings (SSSR count). The van der Waals surface area contributed by atoms with E-state index < -0.39 is 0 Å². The number of aryl methyl sites for hydroxylation is 1. The van der Waals surface area contributed by atoms with Gasteiger partial charge in [0.05, 0.1) is 0 Å². The third kappa shape index (κ3) is 6.70. The fourth-order valence-electron chi connectivity index (χ4n) is 2.31. The molecule has 0 fully saturated rings. The van der Waals surface area contributed by atoms with Crippen LogP contribution in [0.15, 0.2) is 53.7 Å². The average molecular weight is 426 g/mol. The summed E-state index contributed by atoms with van der Waals surface area (Å²) in [6.45, 7) is 2.11. The molecule has 2 aromatic carbocycles. The predicted molar refractivity (Wildman–Crippen MR) is 111 cm³/mol. The number of aromatic nitrogens is 4. The molecular formula is C18H21Cl2N5OS. The highest BCUT2D eigenvalue weighted by molar-refractivity contribution is 7.99. The van der Waals surface area contributed by atoms with E-state index in [9.17, 15) is 0 Å². The molecule has 1 aromatic heterocycles. The lowest BCUT2D eigenvalue weighted by Crippen LogP contribution is -2.17. The zero-order chi connectivity index (χ0) is 18.2. The SMILES string of the molecule is Cl.Cn1nnnc1SCCNCc1ccccc1OCc1ccc(Cl)cc1. The summed E-state index contributed by atoms with van der Waals surface area (Å²) in [4.78, 5) is 0. The van der Waals surface area contributed by atoms with Gasteiger partial charge in [-0.05, 0) is 34.2 Å². The Bertz CT molecular complexity index is 829. The van der Waals surface area contributed by atoms with E-state index in [1.165, 1.54) is 0 Å². The van der Waals surface area contributed by atoms with Gasteiger partial charge in [0, 0.05) is 36.5 Å². The topological polar surface area (TPSA) is 64.9 Å². The molecule has 0 amide bonds. The van der Waals surface area contributed by atoms with Crippen molar-refractivity contribution in [3.63, 3.8) is 0 Å². The first-order valence-electron chi connectivity index (χ1n) is 8.23. The minimum Gasteiger partial charge on any atom is -0.489 e. The van der Waals surface area contributed by atoms with Crippen molar-refractivity contribution in [2.75, 3.05) is 12.3 Å². The van der Waals surface area contributed by atoms with E-state index in [-0.39, 0.29) is 12.4 Å². The summed E-state index contributed by atoms with van der Waals surface area (Å²) in [5.74, 6) is 1.78. The van der Waals surface area contributed by atoms with Crippen molar-refractivity contribution in [3.05, 3.63) is 64.7 Å². The molecular weight excluding hydrogens is 405 g/mol. The highest BCUT2D eigenvalue weighted by Gasteiger charge is 2.05. The van der Waals surface area contributed by atoms with E-state index >= 15 is 0 Å². The Morgan fingerprint density at radius 2 is 1.93 bits per heavy atom. The number of para-hydroxylation sites is 1. The second-order valence-electron chi connectivity index (χ2n) is 5.63. The molecule has 6 nitrogen and oxygen atoms in total. The van der Waals surface area contributed by atoms with Crippen LogP contribution in [0.4, 0.5) is 0 Å². The predicted octanol–water partition coefficient (Wildman–Crippen LogP) is 3.75. The number of halogens is 2. The molecule has 0 aliphatic carbocycles. The van der Waals surface area contributed by atoms with Gasteiger partial charge < -0.3 is 10.1 Å². The highest BCUT2D eigenvalue weighted by atomic mass is 35.5. The van der Waals surface area contributed by atoms with Gasteiger partial charge in [0.1, 0.15) is 12.4 Å². The van der Waals surface area contributed by atoms with Crippen LogP contribution in [0.25, 0.3) is 0 Å². The number of hydrogen-bond acceptors (Lipinski definition) is 6. The highest BCUT2D eigenvalue weighted by Crippen LogP contribution is 2.20. The molecule has 144 valence electrons. The summed E-state index contributed by atoms with van der Waals surface area (Å²) in [5, 5.41) is 16.4. The van der Waals surface area contributed by atoms with E-state index in [0.717, 1.165) is 45.9 Å². The van der Waals surface area contributed by atoms with Crippen molar-refractivity contribution >= 4 is 35.8 Å². The van der Waals surface area contributed by atoms with E-state index in [2.05, 4.69) is 26.9 Å². The normalized spacial score (nSPS) is 10.4. The van der Waals surface area contributed by atoms with Crippen LogP contribution < -0.4 is 10.1 Å². The standard InChI is InChI=1S/C18H20ClN5OS.ClH/c1-24-18(21-22-23-24)26-11-10-20-12-15-4-2-3-5-17(15)25-13-14-6-8-16(19)9-7-14;/h2-9,20H,10-13H2,1H3;1H. The molecule has 27 heavy (non-hydrogen) atoms. The molecule has 0 unspecified atom stereocenters. The number of nitrogens with one attached hydrogen (secondary N) is 1. The van der Waals surface area contributed by atoms with Gasteiger partial charge in [-0.2, -0.15) is 0 Å². The first-order chi connectivity index (χ1) is 12.7. The van der Waals surface area contributed by atoms with Gasteiger partial charge >= 0.3 is 0 Å². The molecule has 0 aliphatic heterocycles. The van der Waals surface area contributed by atoms with E-state index in [1.54, 1.807) is 16.4 Å². The smallest absolute Gasteiger partial charge is 0.209 e. The Labute approximate surface area is 174 Å². The molecule has 1 heterocycles. The zero-order valence-electron chi connectivity index (χ0n) is 14.8. The van der Waals surface area contributed by atoms with Crippen molar-refractivity contribution in [2.45, 2.75) is 18.3 Å². The van der Waals surface area contributed by atoms with Gasteiger partial charge in [-0.1, -0.05) is 53.7 Å². The minimum atomic E-state index is 0. The molecule has 0 bridgehead atoms. The number of tetrazole rings is 1. The van der Waals surface area contributed by atoms with Gasteiger partial charge in [0.25, 0.3) is 0 Å². The number of thioether (sulfide) groups is 1. The van der Waals surface area contributed by atoms with Crippen molar-refractivity contribution < 1.29 is 4.74 Å². The lowest BCUT2D eigenvalue weighted by Gasteiger charge is -2.12. The number of rotatable bonds is 9. The van der Waals surface area contributed by atoms with Gasteiger partial charge in [-0.15, -0.1) is 17.5 Å². The first-order valence-corrected chi connectivity index (χ1v) is 9.60. The molecule has 0 spiro atoms. The monoisotopic (exact) mass is 425 g/mol. The van der Waals surface area contributed by atoms with E-state index in [0.29, 0.717) is 6.61 Å². The van der Waals surface area contributed by atoms with Crippen LogP contribution in [0.5, 0.6) is 5.75 Å². The van der Waals surface area contributed by atoms with Gasteiger partial charge in [-0.25, -0.2) is 4.68 Å². The van der Waals surface area contributed by atoms with E-state index in [4.69, 9.17) is 16.3 Å². The maximum Gasteiger partial charge on any atom is 0.209 e. The second kappa shape index (κ2) is 11.1. The Morgan fingerprint density at radius 1 is 1.15 bits per heavy atom. The Morgan fingerprint density at radius 3 is 2.67 bits per heavy atom. The average Bonchev–Trinajstić information content (AvgIpc) is 3.07. The van der Waals surface area contributed by atoms with Crippen molar-refractivity contribution in [1.82, 2.24) is 25.5 Å². The Balaban J connectivity index is 0.00000261. The van der Waals surface area contributed by atoms with Crippen LogP contribution in [0.1, 0.15) is 11.1 Å². The van der Waals surface area contributed by atoms with Crippen LogP contribution >= 0.6 is 35.8 Å². The fraction of sp³-hybridized carbons (Fsp3) is 0.278. The molecule has 3 aromatic rings. The Kier molecular flexibility index (Phi) is 8.87. The van der Waals surface area contributed by atoms with Crippen LogP contribution in [0, 0.1) is 0 Å². The fourth-order valence-corrected chi connectivity index (χ4v) is 3.19. The Hall–Kier alpha value is -1.80. The van der Waals surface area contributed by atoms with Crippen molar-refractivity contribution in [3.8, 4) is 5.75 Å². The summed E-state index contributed by atoms with van der Waals surface area (Å²) < 4.78 is 7.65.